The first-order valence-electron chi connectivity index (χ1n) is 5.45. The van der Waals surface area contributed by atoms with Crippen molar-refractivity contribution >= 4 is 28.9 Å². The minimum absolute atomic E-state index is 0.00619. The molecule has 0 radical (unpaired) electrons. The highest BCUT2D eigenvalue weighted by atomic mass is 35.5. The van der Waals surface area contributed by atoms with E-state index in [1.54, 1.807) is 0 Å². The zero-order chi connectivity index (χ0) is 14.4. The monoisotopic (exact) mass is 287 g/mol. The minimum Gasteiger partial charge on any atom is -0.385 e. The van der Waals surface area contributed by atoms with E-state index in [1.807, 2.05) is 0 Å². The zero-order valence-electron chi connectivity index (χ0n) is 10.3. The van der Waals surface area contributed by atoms with Crippen molar-refractivity contribution in [3.05, 3.63) is 33.3 Å². The molecule has 3 N–H and O–H groups in total. The van der Waals surface area contributed by atoms with Crippen LogP contribution < -0.4 is 11.1 Å². The van der Waals surface area contributed by atoms with Gasteiger partial charge in [-0.05, 0) is 18.6 Å². The lowest BCUT2D eigenvalue weighted by atomic mass is 10.2. The number of rotatable bonds is 6. The smallest absolute Gasteiger partial charge is 0.289 e. The molecule has 1 atom stereocenters. The van der Waals surface area contributed by atoms with Gasteiger partial charge in [-0.25, -0.2) is 0 Å². The average molecular weight is 288 g/mol. The summed E-state index contributed by atoms with van der Waals surface area (Å²) in [5.74, 6) is -0.436. The van der Waals surface area contributed by atoms with Crippen molar-refractivity contribution in [2.45, 2.75) is 12.5 Å². The van der Waals surface area contributed by atoms with Gasteiger partial charge in [0.1, 0.15) is 5.02 Å². The molecular formula is C11H14ClN3O4. The van der Waals surface area contributed by atoms with Gasteiger partial charge in [-0.15, -0.1) is 0 Å². The number of ether oxygens (including phenoxy) is 1. The molecule has 0 spiro atoms. The molecule has 1 unspecified atom stereocenters. The van der Waals surface area contributed by atoms with Crippen LogP contribution in [0.25, 0.3) is 0 Å². The third-order valence-corrected chi connectivity index (χ3v) is 2.70. The van der Waals surface area contributed by atoms with Crippen LogP contribution in [0, 0.1) is 10.1 Å². The predicted octanol–water partition coefficient (Wildman–Crippen LogP) is 1.55. The van der Waals surface area contributed by atoms with Crippen molar-refractivity contribution in [3.63, 3.8) is 0 Å². The van der Waals surface area contributed by atoms with Crippen molar-refractivity contribution in [1.29, 1.82) is 0 Å². The third kappa shape index (κ3) is 4.47. The summed E-state index contributed by atoms with van der Waals surface area (Å²) >= 11 is 5.66. The number of nitro groups is 1. The lowest BCUT2D eigenvalue weighted by Gasteiger charge is -2.11. The second-order valence-corrected chi connectivity index (χ2v) is 4.21. The van der Waals surface area contributed by atoms with E-state index in [1.165, 1.54) is 25.3 Å². The van der Waals surface area contributed by atoms with Gasteiger partial charge in [0.2, 0.25) is 5.91 Å². The number of hydrogen-bond acceptors (Lipinski definition) is 5. The highest BCUT2D eigenvalue weighted by molar-refractivity contribution is 6.32. The number of nitrogens with one attached hydrogen (secondary N) is 1. The van der Waals surface area contributed by atoms with E-state index < -0.39 is 16.9 Å². The molecule has 0 aromatic heterocycles. The van der Waals surface area contributed by atoms with Gasteiger partial charge in [-0.2, -0.15) is 0 Å². The summed E-state index contributed by atoms with van der Waals surface area (Å²) < 4.78 is 4.81. The van der Waals surface area contributed by atoms with Crippen LogP contribution >= 0.6 is 11.6 Å². The number of amides is 1. The lowest BCUT2D eigenvalue weighted by molar-refractivity contribution is -0.384. The Kier molecular flexibility index (Phi) is 5.68. The molecule has 104 valence electrons. The highest BCUT2D eigenvalue weighted by Gasteiger charge is 2.16. The fourth-order valence-electron chi connectivity index (χ4n) is 1.34. The first-order valence-corrected chi connectivity index (χ1v) is 5.83. The lowest BCUT2D eigenvalue weighted by Crippen LogP contribution is -2.36. The number of nitrogens with two attached hydrogens (primary N) is 1. The standard InChI is InChI=1S/C11H14ClN3O4/c1-19-5-4-9(13)11(16)14-7-2-3-8(12)10(6-7)15(17)18/h2-3,6,9H,4-5,13H2,1H3,(H,14,16). The first kappa shape index (κ1) is 15.4. The van der Waals surface area contributed by atoms with Crippen LogP contribution in [-0.4, -0.2) is 30.6 Å². The van der Waals surface area contributed by atoms with Crippen molar-refractivity contribution in [2.75, 3.05) is 19.0 Å². The summed E-state index contributed by atoms with van der Waals surface area (Å²) in [5.41, 5.74) is 5.63. The fourth-order valence-corrected chi connectivity index (χ4v) is 1.53. The van der Waals surface area contributed by atoms with Crippen LogP contribution in [0.2, 0.25) is 5.02 Å². The molecule has 0 heterocycles. The topological polar surface area (TPSA) is 107 Å². The predicted molar refractivity (Wildman–Crippen MR) is 71.2 cm³/mol. The van der Waals surface area contributed by atoms with Crippen molar-refractivity contribution in [2.24, 2.45) is 5.73 Å². The van der Waals surface area contributed by atoms with E-state index >= 15 is 0 Å². The number of benzene rings is 1. The number of hydrogen-bond donors (Lipinski definition) is 2. The van der Waals surface area contributed by atoms with Crippen molar-refractivity contribution < 1.29 is 14.5 Å². The molecule has 0 saturated carbocycles. The summed E-state index contributed by atoms with van der Waals surface area (Å²) in [5, 5.41) is 13.2. The van der Waals surface area contributed by atoms with Crippen LogP contribution in [-0.2, 0) is 9.53 Å². The van der Waals surface area contributed by atoms with Gasteiger partial charge >= 0.3 is 0 Å². The van der Waals surface area contributed by atoms with E-state index in [0.717, 1.165) is 0 Å². The van der Waals surface area contributed by atoms with Gasteiger partial charge in [0.25, 0.3) is 5.69 Å². The van der Waals surface area contributed by atoms with Gasteiger partial charge in [0.15, 0.2) is 0 Å². The van der Waals surface area contributed by atoms with E-state index in [4.69, 9.17) is 22.1 Å². The van der Waals surface area contributed by atoms with Gasteiger partial charge in [0.05, 0.1) is 11.0 Å². The molecule has 1 aromatic rings. The zero-order valence-corrected chi connectivity index (χ0v) is 11.0. The molecule has 1 aromatic carbocycles. The molecule has 0 aliphatic heterocycles. The van der Waals surface area contributed by atoms with Crippen LogP contribution in [0.3, 0.4) is 0 Å². The summed E-state index contributed by atoms with van der Waals surface area (Å²) in [7, 11) is 1.51. The molecule has 1 rings (SSSR count). The average Bonchev–Trinajstić information content (AvgIpc) is 2.37. The Morgan fingerprint density at radius 2 is 2.32 bits per heavy atom. The van der Waals surface area contributed by atoms with Crippen LogP contribution in [0.1, 0.15) is 6.42 Å². The van der Waals surface area contributed by atoms with Crippen LogP contribution in [0.5, 0.6) is 0 Å². The number of nitro benzene ring substituents is 1. The normalized spacial score (nSPS) is 11.9. The summed E-state index contributed by atoms with van der Waals surface area (Å²) in [6.07, 6.45) is 0.359. The Balaban J connectivity index is 2.74. The fraction of sp³-hybridized carbons (Fsp3) is 0.364. The summed E-state index contributed by atoms with van der Waals surface area (Å²) in [6, 6.07) is 3.25. The van der Waals surface area contributed by atoms with Crippen LogP contribution in [0.15, 0.2) is 18.2 Å². The Morgan fingerprint density at radius 1 is 1.63 bits per heavy atom. The quantitative estimate of drug-likeness (QED) is 0.609. The minimum atomic E-state index is -0.741. The Morgan fingerprint density at radius 3 is 2.89 bits per heavy atom. The second kappa shape index (κ2) is 7.03. The largest absolute Gasteiger partial charge is 0.385 e. The number of methoxy groups -OCH3 is 1. The molecule has 19 heavy (non-hydrogen) atoms. The number of nitrogens with zero attached hydrogens (tertiary/aromatic N) is 1. The second-order valence-electron chi connectivity index (χ2n) is 3.80. The Hall–Kier alpha value is -1.70. The highest BCUT2D eigenvalue weighted by Crippen LogP contribution is 2.27. The van der Waals surface area contributed by atoms with E-state index in [2.05, 4.69) is 5.32 Å². The molecule has 0 aliphatic rings. The summed E-state index contributed by atoms with van der Waals surface area (Å²) in [6.45, 7) is 0.357. The van der Waals surface area contributed by atoms with Crippen LogP contribution in [0.4, 0.5) is 11.4 Å². The number of carbonyl (C=O) groups is 1. The molecular weight excluding hydrogens is 274 g/mol. The van der Waals surface area contributed by atoms with Crippen molar-refractivity contribution in [1.82, 2.24) is 0 Å². The van der Waals surface area contributed by atoms with E-state index in [0.29, 0.717) is 13.0 Å². The van der Waals surface area contributed by atoms with E-state index in [-0.39, 0.29) is 16.4 Å². The Labute approximate surface area is 114 Å². The van der Waals surface area contributed by atoms with Gasteiger partial charge in [0, 0.05) is 25.5 Å². The van der Waals surface area contributed by atoms with Gasteiger partial charge in [-0.1, -0.05) is 11.6 Å². The molecule has 0 aliphatic carbocycles. The molecule has 1 amide bonds. The Bertz CT molecular complexity index is 481. The maximum atomic E-state index is 11.7. The third-order valence-electron chi connectivity index (χ3n) is 2.38. The molecule has 8 heteroatoms. The van der Waals surface area contributed by atoms with Gasteiger partial charge < -0.3 is 15.8 Å². The van der Waals surface area contributed by atoms with Crippen molar-refractivity contribution in [3.8, 4) is 0 Å². The van der Waals surface area contributed by atoms with E-state index in [9.17, 15) is 14.9 Å². The molecule has 0 saturated heterocycles. The molecule has 0 fully saturated rings. The molecule has 0 bridgehead atoms. The maximum Gasteiger partial charge on any atom is 0.289 e. The van der Waals surface area contributed by atoms with Gasteiger partial charge in [-0.3, -0.25) is 14.9 Å². The summed E-state index contributed by atoms with van der Waals surface area (Å²) in [4.78, 5) is 21.8. The number of carbonyl (C=O) groups excluding carboxylic acids is 1. The first-order chi connectivity index (χ1) is 8.95. The SMILES string of the molecule is COCCC(N)C(=O)Nc1ccc(Cl)c([N+](=O)[O-])c1. The maximum absolute atomic E-state index is 11.7. The number of halogens is 1. The molecule has 7 nitrogen and oxygen atoms in total. The number of anilines is 1.